The van der Waals surface area contributed by atoms with Gasteiger partial charge in [0.05, 0.1) is 0 Å². The summed E-state index contributed by atoms with van der Waals surface area (Å²) in [6, 6.07) is 4.08. The third kappa shape index (κ3) is 2.61. The maximum Gasteiger partial charge on any atom is 0.135 e. The number of hydrogen-bond acceptors (Lipinski definition) is 3. The van der Waals surface area contributed by atoms with Crippen LogP contribution in [0.1, 0.15) is 24.8 Å². The van der Waals surface area contributed by atoms with Crippen LogP contribution >= 0.6 is 0 Å². The first kappa shape index (κ1) is 11.1. The molecule has 1 aliphatic heterocycles. The van der Waals surface area contributed by atoms with Crippen LogP contribution < -0.4 is 10.6 Å². The molecule has 1 aliphatic rings. The van der Waals surface area contributed by atoms with Gasteiger partial charge in [-0.15, -0.1) is 0 Å². The molecule has 0 radical (unpaired) electrons. The average molecular weight is 217 g/mol. The lowest BCUT2D eigenvalue weighted by molar-refractivity contribution is 0.573. The summed E-state index contributed by atoms with van der Waals surface area (Å²) in [5, 5.41) is 0. The lowest BCUT2D eigenvalue weighted by Crippen LogP contribution is -2.30. The van der Waals surface area contributed by atoms with Crippen molar-refractivity contribution in [3.8, 4) is 0 Å². The van der Waals surface area contributed by atoms with Crippen LogP contribution in [0.4, 0.5) is 5.82 Å². The van der Waals surface area contributed by atoms with E-state index in [9.17, 15) is 0 Å². The zero-order valence-corrected chi connectivity index (χ0v) is 9.60. The highest BCUT2D eigenvalue weighted by Gasteiger charge is 2.13. The maximum atomic E-state index is 5.48. The molecular formula is C13H19N3. The Hall–Kier alpha value is -1.35. The lowest BCUT2D eigenvalue weighted by atomic mass is 10.1. The van der Waals surface area contributed by atoms with Crippen molar-refractivity contribution >= 4 is 11.9 Å². The minimum Gasteiger partial charge on any atom is -0.356 e. The number of piperidine rings is 1. The molecule has 0 aliphatic carbocycles. The topological polar surface area (TPSA) is 42.1 Å². The maximum absolute atomic E-state index is 5.48. The van der Waals surface area contributed by atoms with Gasteiger partial charge in [-0.3, -0.25) is 0 Å². The molecule has 0 saturated carbocycles. The Bertz CT molecular complexity index is 354. The summed E-state index contributed by atoms with van der Waals surface area (Å²) in [6.07, 6.45) is 9.80. The Kier molecular flexibility index (Phi) is 3.94. The summed E-state index contributed by atoms with van der Waals surface area (Å²) >= 11 is 0. The van der Waals surface area contributed by atoms with Crippen LogP contribution in [0.15, 0.2) is 24.4 Å². The van der Waals surface area contributed by atoms with Crippen molar-refractivity contribution in [3.63, 3.8) is 0 Å². The zero-order chi connectivity index (χ0) is 11.2. The van der Waals surface area contributed by atoms with Crippen molar-refractivity contribution in [3.05, 3.63) is 30.0 Å². The van der Waals surface area contributed by atoms with Gasteiger partial charge in [-0.25, -0.2) is 4.98 Å². The van der Waals surface area contributed by atoms with Crippen molar-refractivity contribution in [2.45, 2.75) is 19.3 Å². The van der Waals surface area contributed by atoms with Crippen molar-refractivity contribution in [1.29, 1.82) is 0 Å². The van der Waals surface area contributed by atoms with Gasteiger partial charge < -0.3 is 10.6 Å². The molecule has 2 rings (SSSR count). The molecule has 0 spiro atoms. The molecule has 1 fully saturated rings. The number of anilines is 1. The minimum absolute atomic E-state index is 0.578. The Balaban J connectivity index is 2.20. The second-order valence-corrected chi connectivity index (χ2v) is 4.10. The Morgan fingerprint density at radius 1 is 1.31 bits per heavy atom. The summed E-state index contributed by atoms with van der Waals surface area (Å²) < 4.78 is 0. The van der Waals surface area contributed by atoms with Crippen molar-refractivity contribution in [2.24, 2.45) is 5.73 Å². The number of nitrogens with two attached hydrogens (primary N) is 1. The predicted octanol–water partition coefficient (Wildman–Crippen LogP) is 2.04. The molecular weight excluding hydrogens is 198 g/mol. The second-order valence-electron chi connectivity index (χ2n) is 4.10. The van der Waals surface area contributed by atoms with Crippen LogP contribution in [0.5, 0.6) is 0 Å². The first-order valence-electron chi connectivity index (χ1n) is 5.98. The molecule has 1 aromatic rings. The number of hydrogen-bond donors (Lipinski definition) is 1. The van der Waals surface area contributed by atoms with E-state index in [2.05, 4.69) is 22.0 Å². The third-order valence-electron chi connectivity index (χ3n) is 2.91. The quantitative estimate of drug-likeness (QED) is 0.842. The van der Waals surface area contributed by atoms with E-state index in [-0.39, 0.29) is 0 Å². The van der Waals surface area contributed by atoms with Crippen LogP contribution in [0.3, 0.4) is 0 Å². The first-order valence-corrected chi connectivity index (χ1v) is 5.98. The van der Waals surface area contributed by atoms with Crippen LogP contribution in [0.2, 0.25) is 0 Å². The molecule has 16 heavy (non-hydrogen) atoms. The van der Waals surface area contributed by atoms with Gasteiger partial charge in [0.25, 0.3) is 0 Å². The van der Waals surface area contributed by atoms with Gasteiger partial charge in [0.1, 0.15) is 5.82 Å². The third-order valence-corrected chi connectivity index (χ3v) is 2.91. The van der Waals surface area contributed by atoms with Crippen molar-refractivity contribution in [1.82, 2.24) is 4.98 Å². The normalized spacial score (nSPS) is 16.9. The summed E-state index contributed by atoms with van der Waals surface area (Å²) in [4.78, 5) is 6.86. The number of nitrogens with zero attached hydrogens (tertiary/aromatic N) is 2. The van der Waals surface area contributed by atoms with Gasteiger partial charge in [-0.2, -0.15) is 0 Å². The number of aromatic nitrogens is 1. The van der Waals surface area contributed by atoms with E-state index in [0.29, 0.717) is 6.54 Å². The molecule has 2 heterocycles. The van der Waals surface area contributed by atoms with Gasteiger partial charge in [0.2, 0.25) is 0 Å². The van der Waals surface area contributed by atoms with E-state index in [1.54, 1.807) is 0 Å². The number of pyridine rings is 1. The molecule has 3 heteroatoms. The van der Waals surface area contributed by atoms with Crippen LogP contribution in [0.25, 0.3) is 6.08 Å². The van der Waals surface area contributed by atoms with Gasteiger partial charge >= 0.3 is 0 Å². The smallest absolute Gasteiger partial charge is 0.135 e. The SMILES string of the molecule is NC/C=C/c1cccnc1N1CCCCC1. The fourth-order valence-electron chi connectivity index (χ4n) is 2.10. The summed E-state index contributed by atoms with van der Waals surface area (Å²) in [5.41, 5.74) is 6.66. The van der Waals surface area contributed by atoms with Gasteiger partial charge in [-0.05, 0) is 31.4 Å². The molecule has 0 atom stereocenters. The monoisotopic (exact) mass is 217 g/mol. The van der Waals surface area contributed by atoms with Gasteiger partial charge in [0.15, 0.2) is 0 Å². The van der Waals surface area contributed by atoms with Crippen molar-refractivity contribution in [2.75, 3.05) is 24.5 Å². The van der Waals surface area contributed by atoms with Crippen LogP contribution in [0, 0.1) is 0 Å². The number of rotatable bonds is 3. The van der Waals surface area contributed by atoms with E-state index >= 15 is 0 Å². The molecule has 0 unspecified atom stereocenters. The molecule has 3 nitrogen and oxygen atoms in total. The molecule has 2 N–H and O–H groups in total. The van der Waals surface area contributed by atoms with E-state index < -0.39 is 0 Å². The average Bonchev–Trinajstić information content (AvgIpc) is 2.38. The Morgan fingerprint density at radius 2 is 2.12 bits per heavy atom. The predicted molar refractivity (Wildman–Crippen MR) is 68.4 cm³/mol. The summed E-state index contributed by atoms with van der Waals surface area (Å²) in [6.45, 7) is 2.83. The Morgan fingerprint density at radius 3 is 2.88 bits per heavy atom. The highest BCUT2D eigenvalue weighted by atomic mass is 15.2. The molecule has 1 aromatic heterocycles. The lowest BCUT2D eigenvalue weighted by Gasteiger charge is -2.28. The standard InChI is InChI=1S/C13H19N3/c14-8-4-6-12-7-5-9-15-13(12)16-10-2-1-3-11-16/h4-7,9H,1-3,8,10-11,14H2/b6-4+. The summed E-state index contributed by atoms with van der Waals surface area (Å²) in [5.74, 6) is 1.10. The molecule has 1 saturated heterocycles. The van der Waals surface area contributed by atoms with Crippen LogP contribution in [-0.4, -0.2) is 24.6 Å². The van der Waals surface area contributed by atoms with Crippen LogP contribution in [-0.2, 0) is 0 Å². The van der Waals surface area contributed by atoms with Gasteiger partial charge in [0, 0.05) is 31.4 Å². The first-order chi connectivity index (χ1) is 7.92. The molecule has 0 aromatic carbocycles. The second kappa shape index (κ2) is 5.66. The van der Waals surface area contributed by atoms with Gasteiger partial charge in [-0.1, -0.05) is 12.2 Å². The highest BCUT2D eigenvalue weighted by Crippen LogP contribution is 2.22. The molecule has 86 valence electrons. The van der Waals surface area contributed by atoms with E-state index in [4.69, 9.17) is 5.73 Å². The highest BCUT2D eigenvalue weighted by molar-refractivity contribution is 5.64. The molecule has 0 bridgehead atoms. The molecule has 0 amide bonds. The largest absolute Gasteiger partial charge is 0.356 e. The van der Waals surface area contributed by atoms with E-state index in [1.807, 2.05) is 18.3 Å². The van der Waals surface area contributed by atoms with E-state index in [1.165, 1.54) is 24.8 Å². The zero-order valence-electron chi connectivity index (χ0n) is 9.60. The minimum atomic E-state index is 0.578. The fourth-order valence-corrected chi connectivity index (χ4v) is 2.10. The Labute approximate surface area is 97.0 Å². The summed E-state index contributed by atoms with van der Waals surface area (Å²) in [7, 11) is 0. The fraction of sp³-hybridized carbons (Fsp3) is 0.462. The van der Waals surface area contributed by atoms with Crippen molar-refractivity contribution < 1.29 is 0 Å². The van der Waals surface area contributed by atoms with E-state index in [0.717, 1.165) is 18.9 Å².